The van der Waals surface area contributed by atoms with Gasteiger partial charge in [-0.15, -0.1) is 0 Å². The number of aliphatic imine (C=N–C) groups is 1. The maximum Gasteiger partial charge on any atom is 0.417 e. The monoisotopic (exact) mass is 436 g/mol. The highest BCUT2D eigenvalue weighted by molar-refractivity contribution is 8.13. The third-order valence-corrected chi connectivity index (χ3v) is 5.40. The number of amidine groups is 1. The second-order valence-corrected chi connectivity index (χ2v) is 9.11. The first-order valence-corrected chi connectivity index (χ1v) is 10.8. The Morgan fingerprint density at radius 1 is 1.00 bits per heavy atom. The zero-order valence-electron chi connectivity index (χ0n) is 16.1. The first-order chi connectivity index (χ1) is 13.2. The van der Waals surface area contributed by atoms with E-state index < -0.39 is 11.7 Å². The molecule has 2 aromatic rings. The predicted octanol–water partition coefficient (Wildman–Crippen LogP) is 6.75. The first kappa shape index (κ1) is 21.0. The molecule has 0 aromatic heterocycles. The lowest BCUT2D eigenvalue weighted by Crippen LogP contribution is -2.40. The summed E-state index contributed by atoms with van der Waals surface area (Å²) in [5.41, 5.74) is 1.30. The van der Waals surface area contributed by atoms with Crippen LogP contribution >= 0.6 is 35.0 Å². The second-order valence-electron chi connectivity index (χ2n) is 7.46. The van der Waals surface area contributed by atoms with Gasteiger partial charge in [-0.3, -0.25) is 4.99 Å². The van der Waals surface area contributed by atoms with Gasteiger partial charge in [-0.05, 0) is 62.4 Å². The van der Waals surface area contributed by atoms with Crippen LogP contribution < -0.4 is 0 Å². The van der Waals surface area contributed by atoms with Gasteiger partial charge in [-0.2, -0.15) is 0 Å². The average molecular weight is 437 g/mol. The van der Waals surface area contributed by atoms with Crippen molar-refractivity contribution >= 4 is 46.2 Å². The fourth-order valence-corrected chi connectivity index (χ4v) is 3.93. The number of halogens is 2. The molecular weight excluding hydrogens is 415 g/mol. The first-order valence-electron chi connectivity index (χ1n) is 8.84. The summed E-state index contributed by atoms with van der Waals surface area (Å²) in [4.78, 5) is 19.6. The SMILES string of the molecule is CSC1=N[C@@H](c2ccc(Cl)cc2)[C@@H](c2ccc(Cl)cc2)N1C(=O)OC(C)(C)C. The molecule has 0 spiro atoms. The number of thioether (sulfide) groups is 1. The number of amides is 1. The van der Waals surface area contributed by atoms with Crippen molar-refractivity contribution in [3.63, 3.8) is 0 Å². The summed E-state index contributed by atoms with van der Waals surface area (Å²) in [5, 5.41) is 1.91. The van der Waals surface area contributed by atoms with Crippen LogP contribution in [0, 0.1) is 0 Å². The van der Waals surface area contributed by atoms with Crippen LogP contribution in [-0.2, 0) is 4.74 Å². The Morgan fingerprint density at radius 3 is 1.96 bits per heavy atom. The van der Waals surface area contributed by atoms with E-state index in [0.29, 0.717) is 15.2 Å². The van der Waals surface area contributed by atoms with Crippen LogP contribution in [0.25, 0.3) is 0 Å². The Hall–Kier alpha value is -1.69. The smallest absolute Gasteiger partial charge is 0.417 e. The molecule has 1 heterocycles. The van der Waals surface area contributed by atoms with Crippen LogP contribution in [0.3, 0.4) is 0 Å². The van der Waals surface area contributed by atoms with E-state index in [1.807, 2.05) is 75.6 Å². The number of ether oxygens (including phenoxy) is 1. The molecular formula is C21H22Cl2N2O2S. The number of hydrogen-bond acceptors (Lipinski definition) is 4. The van der Waals surface area contributed by atoms with Crippen molar-refractivity contribution in [3.05, 3.63) is 69.7 Å². The molecule has 4 nitrogen and oxygen atoms in total. The summed E-state index contributed by atoms with van der Waals surface area (Å²) in [5.74, 6) is 0. The molecule has 2 aromatic carbocycles. The molecule has 0 aliphatic carbocycles. The topological polar surface area (TPSA) is 41.9 Å². The number of rotatable bonds is 2. The highest BCUT2D eigenvalue weighted by atomic mass is 35.5. The second kappa shape index (κ2) is 8.36. The lowest BCUT2D eigenvalue weighted by atomic mass is 9.94. The molecule has 0 saturated carbocycles. The minimum absolute atomic E-state index is 0.270. The molecule has 1 amide bonds. The van der Waals surface area contributed by atoms with Gasteiger partial charge >= 0.3 is 6.09 Å². The molecule has 1 aliphatic rings. The summed E-state index contributed by atoms with van der Waals surface area (Å²) < 4.78 is 5.68. The van der Waals surface area contributed by atoms with E-state index in [2.05, 4.69) is 0 Å². The third-order valence-electron chi connectivity index (χ3n) is 4.23. The van der Waals surface area contributed by atoms with Crippen molar-refractivity contribution in [1.82, 2.24) is 4.90 Å². The Bertz CT molecular complexity index is 877. The number of hydrogen-bond donors (Lipinski definition) is 0. The van der Waals surface area contributed by atoms with E-state index in [9.17, 15) is 4.79 Å². The highest BCUT2D eigenvalue weighted by Gasteiger charge is 2.43. The average Bonchev–Trinajstić information content (AvgIpc) is 3.01. The van der Waals surface area contributed by atoms with E-state index in [1.165, 1.54) is 11.8 Å². The molecule has 0 saturated heterocycles. The summed E-state index contributed by atoms with van der Waals surface area (Å²) >= 11 is 13.6. The van der Waals surface area contributed by atoms with Crippen LogP contribution in [0.5, 0.6) is 0 Å². The number of nitrogens with zero attached hydrogens (tertiary/aromatic N) is 2. The Balaban J connectivity index is 2.07. The van der Waals surface area contributed by atoms with Crippen molar-refractivity contribution in [2.45, 2.75) is 38.5 Å². The lowest BCUT2D eigenvalue weighted by Gasteiger charge is -2.31. The Labute approximate surface area is 179 Å². The van der Waals surface area contributed by atoms with E-state index in [-0.39, 0.29) is 12.1 Å². The van der Waals surface area contributed by atoms with Crippen molar-refractivity contribution in [2.24, 2.45) is 4.99 Å². The molecule has 2 atom stereocenters. The van der Waals surface area contributed by atoms with Gasteiger partial charge in [0.25, 0.3) is 0 Å². The van der Waals surface area contributed by atoms with Gasteiger partial charge in [0.15, 0.2) is 5.17 Å². The zero-order chi connectivity index (χ0) is 20.5. The van der Waals surface area contributed by atoms with E-state index >= 15 is 0 Å². The molecule has 0 radical (unpaired) electrons. The largest absolute Gasteiger partial charge is 0.443 e. The fourth-order valence-electron chi connectivity index (χ4n) is 3.07. The summed E-state index contributed by atoms with van der Waals surface area (Å²) in [6.07, 6.45) is 1.48. The van der Waals surface area contributed by atoms with Gasteiger partial charge in [-0.25, -0.2) is 9.69 Å². The van der Waals surface area contributed by atoms with Crippen LogP contribution in [0.15, 0.2) is 53.5 Å². The fraction of sp³-hybridized carbons (Fsp3) is 0.333. The van der Waals surface area contributed by atoms with Crippen LogP contribution in [0.4, 0.5) is 4.79 Å². The molecule has 1 aliphatic heterocycles. The van der Waals surface area contributed by atoms with Crippen molar-refractivity contribution in [2.75, 3.05) is 6.26 Å². The maximum atomic E-state index is 13.1. The van der Waals surface area contributed by atoms with Gasteiger partial charge < -0.3 is 4.74 Å². The predicted molar refractivity (Wildman–Crippen MR) is 117 cm³/mol. The van der Waals surface area contributed by atoms with Crippen LogP contribution in [-0.4, -0.2) is 28.0 Å². The summed E-state index contributed by atoms with van der Waals surface area (Å²) in [6, 6.07) is 14.4. The molecule has 28 heavy (non-hydrogen) atoms. The highest BCUT2D eigenvalue weighted by Crippen LogP contribution is 2.44. The van der Waals surface area contributed by atoms with E-state index in [4.69, 9.17) is 32.9 Å². The zero-order valence-corrected chi connectivity index (χ0v) is 18.5. The Kier molecular flexibility index (Phi) is 6.28. The lowest BCUT2D eigenvalue weighted by molar-refractivity contribution is 0.0320. The number of carbonyl (C=O) groups is 1. The summed E-state index contributed by atoms with van der Waals surface area (Å²) in [7, 11) is 0. The third kappa shape index (κ3) is 4.65. The molecule has 148 valence electrons. The summed E-state index contributed by atoms with van der Waals surface area (Å²) in [6.45, 7) is 5.56. The molecule has 0 N–H and O–H groups in total. The van der Waals surface area contributed by atoms with Crippen LogP contribution in [0.2, 0.25) is 10.0 Å². The van der Waals surface area contributed by atoms with E-state index in [0.717, 1.165) is 11.1 Å². The van der Waals surface area contributed by atoms with Crippen molar-refractivity contribution in [1.29, 1.82) is 0 Å². The van der Waals surface area contributed by atoms with Crippen molar-refractivity contribution in [3.8, 4) is 0 Å². The quantitative estimate of drug-likeness (QED) is 0.522. The molecule has 0 bridgehead atoms. The van der Waals surface area contributed by atoms with Gasteiger partial charge in [0.1, 0.15) is 11.6 Å². The number of carbonyl (C=O) groups excluding carboxylic acids is 1. The van der Waals surface area contributed by atoms with Gasteiger partial charge in [-0.1, -0.05) is 59.2 Å². The van der Waals surface area contributed by atoms with Gasteiger partial charge in [0.2, 0.25) is 0 Å². The minimum Gasteiger partial charge on any atom is -0.443 e. The standard InChI is InChI=1S/C21H22Cl2N2O2S/c1-21(2,3)27-20(26)25-18(14-7-11-16(23)12-8-14)17(24-19(25)28-4)13-5-9-15(22)10-6-13/h5-12,17-18H,1-4H3/t17-,18+/m0/s1. The Morgan fingerprint density at radius 2 is 1.50 bits per heavy atom. The normalized spacial score (nSPS) is 19.5. The molecule has 0 unspecified atom stereocenters. The molecule has 7 heteroatoms. The van der Waals surface area contributed by atoms with Gasteiger partial charge in [0.05, 0.1) is 6.04 Å². The maximum absolute atomic E-state index is 13.1. The van der Waals surface area contributed by atoms with Gasteiger partial charge in [0, 0.05) is 10.0 Å². The van der Waals surface area contributed by atoms with Crippen LogP contribution in [0.1, 0.15) is 44.0 Å². The van der Waals surface area contributed by atoms with Crippen molar-refractivity contribution < 1.29 is 9.53 Å². The molecule has 3 rings (SSSR count). The molecule has 0 fully saturated rings. The van der Waals surface area contributed by atoms with E-state index in [1.54, 1.807) is 4.90 Å². The minimum atomic E-state index is -0.608. The number of benzene rings is 2.